The standard InChI is InChI=1S/C6H14IOP.C3H9N/c1-4-6(3)9(7,8)5-2;1-4(2)3/h6H,4-5H2,1-3H3;1-3H3. The molecule has 4 heteroatoms. The Balaban J connectivity index is 0. The third-order valence-corrected chi connectivity index (χ3v) is 9.12. The summed E-state index contributed by atoms with van der Waals surface area (Å²) >= 11 is 2.12. The molecule has 0 bridgehead atoms. The molecule has 2 atom stereocenters. The van der Waals surface area contributed by atoms with Gasteiger partial charge >= 0.3 is 0 Å². The first kappa shape index (κ1) is 16.4. The predicted octanol–water partition coefficient (Wildman–Crippen LogP) is 3.70. The molecule has 0 radical (unpaired) electrons. The zero-order valence-corrected chi connectivity index (χ0v) is 12.7. The van der Waals surface area contributed by atoms with E-state index in [1.165, 1.54) is 0 Å². The van der Waals surface area contributed by atoms with Crippen LogP contribution in [0.2, 0.25) is 0 Å². The third-order valence-electron chi connectivity index (χ3n) is 1.68. The monoisotopic (exact) mass is 319 g/mol. The predicted molar refractivity (Wildman–Crippen MR) is 71.5 cm³/mol. The van der Waals surface area contributed by atoms with Crippen LogP contribution in [0.1, 0.15) is 27.2 Å². The van der Waals surface area contributed by atoms with Crippen LogP contribution in [0.25, 0.3) is 0 Å². The normalized spacial score (nSPS) is 17.2. The summed E-state index contributed by atoms with van der Waals surface area (Å²) in [7, 11) is 6.00. The molecule has 82 valence electrons. The van der Waals surface area contributed by atoms with Crippen molar-refractivity contribution in [3.8, 4) is 0 Å². The smallest absolute Gasteiger partial charge is 0.145 e. The molecule has 0 aliphatic heterocycles. The Hall–Kier alpha value is 0.920. The Bertz CT molecular complexity index is 159. The summed E-state index contributed by atoms with van der Waals surface area (Å²) in [6, 6.07) is 0. The van der Waals surface area contributed by atoms with Crippen LogP contribution in [0.15, 0.2) is 0 Å². The minimum atomic E-state index is -1.79. The number of hydrogen-bond acceptors (Lipinski definition) is 2. The van der Waals surface area contributed by atoms with E-state index in [2.05, 4.69) is 35.9 Å². The highest BCUT2D eigenvalue weighted by atomic mass is 127. The minimum absolute atomic E-state index is 0.406. The van der Waals surface area contributed by atoms with Gasteiger partial charge in [-0.3, -0.25) is 0 Å². The van der Waals surface area contributed by atoms with Crippen LogP contribution in [0.4, 0.5) is 0 Å². The largest absolute Gasteiger partial charge is 0.312 e. The second-order valence-electron chi connectivity index (χ2n) is 3.62. The SMILES string of the molecule is CCC(C)P(=O)(I)CC.CN(C)C. The molecule has 0 fully saturated rings. The highest BCUT2D eigenvalue weighted by Gasteiger charge is 2.21. The summed E-state index contributed by atoms with van der Waals surface area (Å²) in [5.41, 5.74) is 0.406. The molecule has 0 saturated heterocycles. The minimum Gasteiger partial charge on any atom is -0.312 e. The van der Waals surface area contributed by atoms with Crippen molar-refractivity contribution in [2.45, 2.75) is 32.9 Å². The van der Waals surface area contributed by atoms with Gasteiger partial charge in [-0.15, -0.1) is 0 Å². The summed E-state index contributed by atoms with van der Waals surface area (Å²) in [6.45, 7) is 6.15. The molecule has 0 aliphatic carbocycles. The van der Waals surface area contributed by atoms with E-state index in [-0.39, 0.29) is 0 Å². The van der Waals surface area contributed by atoms with Gasteiger partial charge in [-0.05, 0) is 49.6 Å². The molecule has 0 aromatic rings. The van der Waals surface area contributed by atoms with Crippen LogP contribution < -0.4 is 0 Å². The van der Waals surface area contributed by atoms with E-state index < -0.39 is 4.78 Å². The van der Waals surface area contributed by atoms with E-state index in [4.69, 9.17) is 0 Å². The first-order valence-electron chi connectivity index (χ1n) is 4.67. The van der Waals surface area contributed by atoms with Gasteiger partial charge in [0.1, 0.15) is 4.78 Å². The Labute approximate surface area is 96.3 Å². The highest BCUT2D eigenvalue weighted by Crippen LogP contribution is 2.59. The molecule has 0 aromatic heterocycles. The van der Waals surface area contributed by atoms with Gasteiger partial charge in [0.2, 0.25) is 0 Å². The van der Waals surface area contributed by atoms with E-state index in [1.807, 2.05) is 33.0 Å². The first-order chi connectivity index (χ1) is 5.77. The maximum absolute atomic E-state index is 11.5. The van der Waals surface area contributed by atoms with Gasteiger partial charge in [0.05, 0.1) is 0 Å². The van der Waals surface area contributed by atoms with Crippen molar-refractivity contribution in [1.29, 1.82) is 0 Å². The van der Waals surface area contributed by atoms with Crippen molar-refractivity contribution in [1.82, 2.24) is 4.90 Å². The molecule has 0 N–H and O–H groups in total. The van der Waals surface area contributed by atoms with E-state index in [0.29, 0.717) is 5.66 Å². The highest BCUT2D eigenvalue weighted by molar-refractivity contribution is 14.2. The maximum Gasteiger partial charge on any atom is 0.145 e. The molecule has 13 heavy (non-hydrogen) atoms. The fraction of sp³-hybridized carbons (Fsp3) is 1.00. The zero-order valence-electron chi connectivity index (χ0n) is 9.67. The Morgan fingerprint density at radius 3 is 1.69 bits per heavy atom. The van der Waals surface area contributed by atoms with Gasteiger partial charge in [0.15, 0.2) is 0 Å². The lowest BCUT2D eigenvalue weighted by Crippen LogP contribution is -1.99. The van der Waals surface area contributed by atoms with Gasteiger partial charge in [-0.2, -0.15) is 0 Å². The van der Waals surface area contributed by atoms with Crippen molar-refractivity contribution >= 4 is 26.8 Å². The molecule has 0 amide bonds. The molecule has 0 heterocycles. The number of hydrogen-bond donors (Lipinski definition) is 0. The van der Waals surface area contributed by atoms with Gasteiger partial charge in [-0.25, -0.2) is 0 Å². The molecular weight excluding hydrogens is 296 g/mol. The van der Waals surface area contributed by atoms with Crippen LogP contribution in [0.3, 0.4) is 0 Å². The number of nitrogens with zero attached hydrogens (tertiary/aromatic N) is 1. The van der Waals surface area contributed by atoms with E-state index >= 15 is 0 Å². The van der Waals surface area contributed by atoms with Crippen molar-refractivity contribution < 1.29 is 4.57 Å². The lowest BCUT2D eigenvalue weighted by molar-refractivity contribution is 0.505. The van der Waals surface area contributed by atoms with Crippen molar-refractivity contribution in [2.75, 3.05) is 27.3 Å². The quantitative estimate of drug-likeness (QED) is 0.584. The number of halogens is 1. The van der Waals surface area contributed by atoms with E-state index in [0.717, 1.165) is 12.6 Å². The zero-order chi connectivity index (χ0) is 11.1. The Morgan fingerprint density at radius 1 is 1.31 bits per heavy atom. The number of rotatable bonds is 3. The van der Waals surface area contributed by atoms with Crippen LogP contribution >= 0.6 is 26.8 Å². The molecule has 2 nitrogen and oxygen atoms in total. The lowest BCUT2D eigenvalue weighted by Gasteiger charge is -2.14. The van der Waals surface area contributed by atoms with Gasteiger partial charge in [0.25, 0.3) is 0 Å². The summed E-state index contributed by atoms with van der Waals surface area (Å²) in [5.74, 6) is 0. The van der Waals surface area contributed by atoms with Gasteiger partial charge < -0.3 is 9.46 Å². The molecular formula is C9H23INOP. The second-order valence-corrected chi connectivity index (χ2v) is 11.4. The van der Waals surface area contributed by atoms with Crippen molar-refractivity contribution in [3.05, 3.63) is 0 Å². The molecule has 0 spiro atoms. The summed E-state index contributed by atoms with van der Waals surface area (Å²) in [5, 5.41) is 0. The van der Waals surface area contributed by atoms with Gasteiger partial charge in [-0.1, -0.05) is 20.8 Å². The van der Waals surface area contributed by atoms with E-state index in [9.17, 15) is 4.57 Å². The maximum atomic E-state index is 11.5. The molecule has 0 aromatic carbocycles. The first-order valence-corrected chi connectivity index (χ1v) is 9.41. The molecule has 0 rings (SSSR count). The fourth-order valence-corrected chi connectivity index (χ4v) is 2.93. The van der Waals surface area contributed by atoms with Crippen LogP contribution in [-0.4, -0.2) is 37.9 Å². The molecule has 0 aliphatic rings. The average molecular weight is 319 g/mol. The summed E-state index contributed by atoms with van der Waals surface area (Å²) < 4.78 is 11.5. The lowest BCUT2D eigenvalue weighted by atomic mass is 10.4. The molecule has 0 saturated carbocycles. The topological polar surface area (TPSA) is 20.3 Å². The Kier molecular flexibility index (Phi) is 10.4. The Morgan fingerprint density at radius 2 is 1.62 bits per heavy atom. The van der Waals surface area contributed by atoms with Crippen molar-refractivity contribution in [3.63, 3.8) is 0 Å². The summed E-state index contributed by atoms with van der Waals surface area (Å²) in [6.07, 6.45) is 1.87. The fourth-order valence-electron chi connectivity index (χ4n) is 0.584. The van der Waals surface area contributed by atoms with Crippen LogP contribution in [0, 0.1) is 0 Å². The van der Waals surface area contributed by atoms with Crippen molar-refractivity contribution in [2.24, 2.45) is 0 Å². The van der Waals surface area contributed by atoms with Crippen LogP contribution in [-0.2, 0) is 4.57 Å². The second kappa shape index (κ2) is 8.25. The summed E-state index contributed by atoms with van der Waals surface area (Å²) in [4.78, 5) is 0.206. The average Bonchev–Trinajstić information content (AvgIpc) is 2.02. The van der Waals surface area contributed by atoms with Crippen LogP contribution in [0.5, 0.6) is 0 Å². The molecule has 2 unspecified atom stereocenters. The third kappa shape index (κ3) is 10.8. The van der Waals surface area contributed by atoms with E-state index in [1.54, 1.807) is 0 Å². The van der Waals surface area contributed by atoms with Gasteiger partial charge in [0, 0.05) is 11.8 Å².